The average Bonchev–Trinajstić information content (AvgIpc) is 2.78. The van der Waals surface area contributed by atoms with Crippen molar-refractivity contribution in [2.24, 2.45) is 0 Å². The van der Waals surface area contributed by atoms with Crippen LogP contribution >= 0.6 is 0 Å². The van der Waals surface area contributed by atoms with Crippen LogP contribution in [0.15, 0.2) is 60.7 Å². The lowest BCUT2D eigenvalue weighted by Gasteiger charge is -2.23. The topological polar surface area (TPSA) is 131 Å². The van der Waals surface area contributed by atoms with E-state index in [4.69, 9.17) is 14.6 Å². The molecule has 2 rings (SSSR count). The SMILES string of the molecule is CC(C)(C)OC(=O)N[C@@H](CCC(=O)O)C(=O)OCC(=O)NC(c1ccccc1)c1ccccc1. The Bertz CT molecular complexity index is 932. The zero-order chi connectivity index (χ0) is 25.1. The Kier molecular flexibility index (Phi) is 9.61. The molecular weight excluding hydrogens is 440 g/mol. The van der Waals surface area contributed by atoms with Gasteiger partial charge in [-0.2, -0.15) is 0 Å². The van der Waals surface area contributed by atoms with Crippen molar-refractivity contribution in [3.63, 3.8) is 0 Å². The van der Waals surface area contributed by atoms with E-state index < -0.39 is 48.2 Å². The van der Waals surface area contributed by atoms with Gasteiger partial charge in [0.1, 0.15) is 11.6 Å². The van der Waals surface area contributed by atoms with Crippen molar-refractivity contribution < 1.29 is 33.8 Å². The Labute approximate surface area is 198 Å². The van der Waals surface area contributed by atoms with Crippen LogP contribution < -0.4 is 10.6 Å². The summed E-state index contributed by atoms with van der Waals surface area (Å²) >= 11 is 0. The van der Waals surface area contributed by atoms with Gasteiger partial charge in [-0.1, -0.05) is 60.7 Å². The molecule has 2 aromatic rings. The van der Waals surface area contributed by atoms with Crippen LogP contribution in [0.3, 0.4) is 0 Å². The second kappa shape index (κ2) is 12.4. The van der Waals surface area contributed by atoms with Crippen molar-refractivity contribution in [2.75, 3.05) is 6.61 Å². The molecule has 0 heterocycles. The third-order valence-electron chi connectivity index (χ3n) is 4.54. The molecule has 9 heteroatoms. The predicted octanol–water partition coefficient (Wildman–Crippen LogP) is 3.19. The van der Waals surface area contributed by atoms with Crippen LogP contribution in [-0.4, -0.2) is 47.3 Å². The van der Waals surface area contributed by atoms with Crippen molar-refractivity contribution in [3.05, 3.63) is 71.8 Å². The normalized spacial score (nSPS) is 11.9. The summed E-state index contributed by atoms with van der Waals surface area (Å²) in [5.41, 5.74) is 0.883. The number of nitrogens with one attached hydrogen (secondary N) is 2. The number of ether oxygens (including phenoxy) is 2. The molecule has 0 spiro atoms. The maximum atomic E-state index is 12.6. The third kappa shape index (κ3) is 9.32. The van der Waals surface area contributed by atoms with Crippen LogP contribution in [0.5, 0.6) is 0 Å². The zero-order valence-corrected chi connectivity index (χ0v) is 19.4. The Morgan fingerprint density at radius 2 is 1.41 bits per heavy atom. The second-order valence-corrected chi connectivity index (χ2v) is 8.56. The van der Waals surface area contributed by atoms with E-state index in [1.54, 1.807) is 20.8 Å². The summed E-state index contributed by atoms with van der Waals surface area (Å²) in [7, 11) is 0. The van der Waals surface area contributed by atoms with Gasteiger partial charge in [-0.3, -0.25) is 9.59 Å². The summed E-state index contributed by atoms with van der Waals surface area (Å²) in [6.07, 6.45) is -1.49. The van der Waals surface area contributed by atoms with Gasteiger partial charge >= 0.3 is 18.0 Å². The van der Waals surface area contributed by atoms with Crippen LogP contribution in [0, 0.1) is 0 Å². The van der Waals surface area contributed by atoms with Gasteiger partial charge < -0.3 is 25.2 Å². The number of benzene rings is 2. The molecule has 182 valence electrons. The minimum absolute atomic E-state index is 0.217. The summed E-state index contributed by atoms with van der Waals surface area (Å²) in [5.74, 6) is -2.63. The van der Waals surface area contributed by atoms with E-state index in [0.29, 0.717) is 0 Å². The van der Waals surface area contributed by atoms with Crippen molar-refractivity contribution in [1.29, 1.82) is 0 Å². The van der Waals surface area contributed by atoms with E-state index >= 15 is 0 Å². The molecule has 0 radical (unpaired) electrons. The fourth-order valence-electron chi connectivity index (χ4n) is 3.06. The number of hydrogen-bond donors (Lipinski definition) is 3. The Hall–Kier alpha value is -3.88. The minimum atomic E-state index is -1.28. The molecule has 0 saturated carbocycles. The molecule has 2 aromatic carbocycles. The second-order valence-electron chi connectivity index (χ2n) is 8.56. The lowest BCUT2D eigenvalue weighted by atomic mass is 9.99. The first-order valence-corrected chi connectivity index (χ1v) is 10.8. The van der Waals surface area contributed by atoms with Crippen LogP contribution in [0.2, 0.25) is 0 Å². The summed E-state index contributed by atoms with van der Waals surface area (Å²) in [4.78, 5) is 48.1. The monoisotopic (exact) mass is 470 g/mol. The van der Waals surface area contributed by atoms with Gasteiger partial charge in [0, 0.05) is 6.42 Å². The van der Waals surface area contributed by atoms with Gasteiger partial charge in [0.05, 0.1) is 6.04 Å². The van der Waals surface area contributed by atoms with E-state index in [2.05, 4.69) is 10.6 Å². The van der Waals surface area contributed by atoms with E-state index in [1.165, 1.54) is 0 Å². The van der Waals surface area contributed by atoms with Gasteiger partial charge in [0.2, 0.25) is 0 Å². The molecule has 3 N–H and O–H groups in total. The highest BCUT2D eigenvalue weighted by Gasteiger charge is 2.27. The molecule has 0 aliphatic heterocycles. The van der Waals surface area contributed by atoms with E-state index in [9.17, 15) is 19.2 Å². The number of esters is 1. The van der Waals surface area contributed by atoms with Gasteiger partial charge in [0.15, 0.2) is 6.61 Å². The zero-order valence-electron chi connectivity index (χ0n) is 19.4. The molecule has 0 saturated heterocycles. The van der Waals surface area contributed by atoms with Gasteiger partial charge in [-0.15, -0.1) is 0 Å². The lowest BCUT2D eigenvalue weighted by molar-refractivity contribution is -0.151. The fraction of sp³-hybridized carbons (Fsp3) is 0.360. The fourth-order valence-corrected chi connectivity index (χ4v) is 3.06. The smallest absolute Gasteiger partial charge is 0.408 e. The first kappa shape index (κ1) is 26.4. The van der Waals surface area contributed by atoms with Crippen LogP contribution in [0.4, 0.5) is 4.79 Å². The Morgan fingerprint density at radius 1 is 0.882 bits per heavy atom. The number of alkyl carbamates (subject to hydrolysis) is 1. The van der Waals surface area contributed by atoms with Crippen molar-refractivity contribution in [3.8, 4) is 0 Å². The number of rotatable bonds is 10. The summed E-state index contributed by atoms with van der Waals surface area (Å²) in [5, 5.41) is 14.1. The number of carbonyl (C=O) groups is 4. The molecule has 0 aromatic heterocycles. The molecule has 0 bridgehead atoms. The molecule has 2 amide bonds. The number of carbonyl (C=O) groups excluding carboxylic acids is 3. The van der Waals surface area contributed by atoms with Crippen LogP contribution in [0.25, 0.3) is 0 Å². The molecule has 1 atom stereocenters. The molecular formula is C25H30N2O7. The number of hydrogen-bond acceptors (Lipinski definition) is 6. The minimum Gasteiger partial charge on any atom is -0.481 e. The predicted molar refractivity (Wildman–Crippen MR) is 124 cm³/mol. The van der Waals surface area contributed by atoms with Gasteiger partial charge in [-0.05, 0) is 38.3 Å². The number of aliphatic carboxylic acids is 1. The van der Waals surface area contributed by atoms with Crippen LogP contribution in [-0.2, 0) is 23.9 Å². The average molecular weight is 471 g/mol. The highest BCUT2D eigenvalue weighted by atomic mass is 16.6. The van der Waals surface area contributed by atoms with Gasteiger partial charge in [-0.25, -0.2) is 9.59 Å². The molecule has 9 nitrogen and oxygen atoms in total. The van der Waals surface area contributed by atoms with Crippen molar-refractivity contribution in [2.45, 2.75) is 51.3 Å². The molecule has 0 unspecified atom stereocenters. The molecule has 34 heavy (non-hydrogen) atoms. The van der Waals surface area contributed by atoms with E-state index in [0.717, 1.165) is 11.1 Å². The highest BCUT2D eigenvalue weighted by molar-refractivity contribution is 5.85. The molecule has 0 aliphatic carbocycles. The number of carboxylic acid groups (broad SMARTS) is 1. The third-order valence-corrected chi connectivity index (χ3v) is 4.54. The molecule has 0 aliphatic rings. The van der Waals surface area contributed by atoms with Crippen molar-refractivity contribution >= 4 is 23.9 Å². The number of amides is 2. The summed E-state index contributed by atoms with van der Waals surface area (Å²) in [6.45, 7) is 4.35. The lowest BCUT2D eigenvalue weighted by Crippen LogP contribution is -2.45. The quantitative estimate of drug-likeness (QED) is 0.455. The Morgan fingerprint density at radius 3 is 1.88 bits per heavy atom. The van der Waals surface area contributed by atoms with Crippen molar-refractivity contribution in [1.82, 2.24) is 10.6 Å². The maximum Gasteiger partial charge on any atom is 0.408 e. The highest BCUT2D eigenvalue weighted by Crippen LogP contribution is 2.21. The van der Waals surface area contributed by atoms with E-state index in [1.807, 2.05) is 60.7 Å². The maximum absolute atomic E-state index is 12.6. The Balaban J connectivity index is 2.03. The van der Waals surface area contributed by atoms with E-state index in [-0.39, 0.29) is 12.8 Å². The summed E-state index contributed by atoms with van der Waals surface area (Å²) < 4.78 is 10.2. The first-order valence-electron chi connectivity index (χ1n) is 10.8. The first-order chi connectivity index (χ1) is 16.0. The largest absolute Gasteiger partial charge is 0.481 e. The number of carboxylic acids is 1. The summed E-state index contributed by atoms with van der Waals surface area (Å²) in [6, 6.07) is 16.9. The molecule has 0 fully saturated rings. The standard InChI is InChI=1S/C25H30N2O7/c1-25(2,3)34-24(32)26-19(14-15-21(29)30)23(31)33-16-20(28)27-22(17-10-6-4-7-11-17)18-12-8-5-9-13-18/h4-13,19,22H,14-16H2,1-3H3,(H,26,32)(H,27,28)(H,29,30)/t19-/m0/s1. The van der Waals surface area contributed by atoms with Crippen LogP contribution in [0.1, 0.15) is 50.8 Å². The van der Waals surface area contributed by atoms with Gasteiger partial charge in [0.25, 0.3) is 5.91 Å².